The number of rotatable bonds is 5. The van der Waals surface area contributed by atoms with Crippen LogP contribution in [0.4, 0.5) is 26.3 Å². The van der Waals surface area contributed by atoms with Crippen LogP contribution in [-0.4, -0.2) is 13.9 Å². The van der Waals surface area contributed by atoms with E-state index in [0.717, 1.165) is 12.1 Å². The van der Waals surface area contributed by atoms with E-state index in [1.807, 2.05) is 0 Å². The summed E-state index contributed by atoms with van der Waals surface area (Å²) in [5, 5.41) is 0. The van der Waals surface area contributed by atoms with E-state index >= 15 is 0 Å². The summed E-state index contributed by atoms with van der Waals surface area (Å²) in [6.45, 7) is 3.27. The van der Waals surface area contributed by atoms with Gasteiger partial charge in [-0.15, -0.1) is 0 Å². The van der Waals surface area contributed by atoms with Gasteiger partial charge in [-0.1, -0.05) is 0 Å². The molecular formula is C13H13F6IO3S. The Hall–Kier alpha value is -0.820. The molecule has 0 atom stereocenters. The number of halogens is 7. The van der Waals surface area contributed by atoms with Crippen molar-refractivity contribution in [3.8, 4) is 0 Å². The second-order valence-electron chi connectivity index (χ2n) is 4.55. The van der Waals surface area contributed by atoms with Crippen molar-refractivity contribution in [2.24, 2.45) is 0 Å². The third-order valence-electron chi connectivity index (χ3n) is 2.66. The van der Waals surface area contributed by atoms with Gasteiger partial charge in [-0.05, 0) is 0 Å². The average molecular weight is 490 g/mol. The molecule has 3 nitrogen and oxygen atoms in total. The van der Waals surface area contributed by atoms with Gasteiger partial charge in [0.1, 0.15) is 0 Å². The van der Waals surface area contributed by atoms with Crippen molar-refractivity contribution in [1.29, 1.82) is 0 Å². The molecule has 24 heavy (non-hydrogen) atoms. The van der Waals surface area contributed by atoms with E-state index in [1.165, 1.54) is 4.08 Å². The fourth-order valence-corrected chi connectivity index (χ4v) is 7.52. The number of hydrogen-bond acceptors (Lipinski definition) is 3. The molecule has 0 bridgehead atoms. The van der Waals surface area contributed by atoms with Crippen LogP contribution in [-0.2, 0) is 18.8 Å². The molecule has 138 valence electrons. The maximum absolute atomic E-state index is 12.5. The predicted octanol–water partition coefficient (Wildman–Crippen LogP) is 5.48. The van der Waals surface area contributed by atoms with Gasteiger partial charge in [0.15, 0.2) is 0 Å². The summed E-state index contributed by atoms with van der Waals surface area (Å²) in [6, 6.07) is 3.25. The summed E-state index contributed by atoms with van der Waals surface area (Å²) in [5.41, 5.74) is -6.00. The summed E-state index contributed by atoms with van der Waals surface area (Å²) >= 11 is -3.51. The molecule has 0 unspecified atom stereocenters. The van der Waals surface area contributed by atoms with Crippen molar-refractivity contribution in [1.82, 2.24) is 0 Å². The molecule has 0 amide bonds. The van der Waals surface area contributed by atoms with E-state index in [-0.39, 0.29) is 3.57 Å². The molecule has 0 saturated carbocycles. The van der Waals surface area contributed by atoms with Crippen molar-refractivity contribution in [2.75, 3.05) is 0 Å². The van der Waals surface area contributed by atoms with Crippen LogP contribution in [0.5, 0.6) is 0 Å². The fourth-order valence-electron chi connectivity index (χ4n) is 1.25. The van der Waals surface area contributed by atoms with E-state index in [9.17, 15) is 34.8 Å². The minimum atomic E-state index is -5.83. The zero-order chi connectivity index (χ0) is 18.8. The molecule has 0 aromatic heterocycles. The molecule has 0 N–H and O–H groups in total. The maximum atomic E-state index is 12.5. The fraction of sp³-hybridized carbons (Fsp3) is 0.385. The van der Waals surface area contributed by atoms with Crippen LogP contribution in [0.1, 0.15) is 25.8 Å². The second kappa shape index (κ2) is 7.60. The minimum absolute atomic E-state index is 0.00725. The first kappa shape index (κ1) is 21.2. The van der Waals surface area contributed by atoms with Gasteiger partial charge in [0.05, 0.1) is 0 Å². The molecule has 0 heterocycles. The first-order chi connectivity index (χ1) is 10.8. The van der Waals surface area contributed by atoms with Crippen molar-refractivity contribution in [3.63, 3.8) is 0 Å². The van der Waals surface area contributed by atoms with Crippen molar-refractivity contribution in [3.05, 3.63) is 43.1 Å². The molecule has 1 rings (SSSR count). The Morgan fingerprint density at radius 3 is 2.00 bits per heavy atom. The predicted molar refractivity (Wildman–Crippen MR) is 84.3 cm³/mol. The van der Waals surface area contributed by atoms with Gasteiger partial charge in [-0.3, -0.25) is 0 Å². The molecule has 0 aliphatic rings. The Morgan fingerprint density at radius 2 is 1.62 bits per heavy atom. The number of benzene rings is 1. The first-order valence-corrected chi connectivity index (χ1v) is 10.9. The Morgan fingerprint density at radius 1 is 1.12 bits per heavy atom. The number of allylic oxidation sites excluding steroid dienone is 1. The summed E-state index contributed by atoms with van der Waals surface area (Å²) in [4.78, 5) is 0. The molecule has 1 aromatic carbocycles. The van der Waals surface area contributed by atoms with Crippen molar-refractivity contribution in [2.45, 2.75) is 32.0 Å². The van der Waals surface area contributed by atoms with Gasteiger partial charge >= 0.3 is 143 Å². The first-order valence-electron chi connectivity index (χ1n) is 6.32. The molecule has 0 radical (unpaired) electrons. The van der Waals surface area contributed by atoms with Crippen LogP contribution in [0.2, 0.25) is 0 Å². The molecular weight excluding hydrogens is 477 g/mol. The Balaban J connectivity index is 3.25. The zero-order valence-electron chi connectivity index (χ0n) is 12.4. The molecule has 11 heteroatoms. The van der Waals surface area contributed by atoms with Crippen LogP contribution in [0, 0.1) is 3.57 Å². The van der Waals surface area contributed by atoms with E-state index in [0.29, 0.717) is 24.1 Å². The van der Waals surface area contributed by atoms with E-state index < -0.39 is 47.6 Å². The number of alkyl halides is 6. The average Bonchev–Trinajstić information content (AvgIpc) is 2.44. The third-order valence-corrected chi connectivity index (χ3v) is 9.69. The Labute approximate surface area is 142 Å². The van der Waals surface area contributed by atoms with Gasteiger partial charge in [-0.2, -0.15) is 0 Å². The summed E-state index contributed by atoms with van der Waals surface area (Å²) in [7, 11) is -5.83. The molecule has 0 fully saturated rings. The molecule has 0 spiro atoms. The summed E-state index contributed by atoms with van der Waals surface area (Å²) in [6.07, 6.45) is -4.17. The van der Waals surface area contributed by atoms with Gasteiger partial charge in [-0.25, -0.2) is 0 Å². The third kappa shape index (κ3) is 5.62. The van der Waals surface area contributed by atoms with E-state index in [4.69, 9.17) is 0 Å². The summed E-state index contributed by atoms with van der Waals surface area (Å²) in [5.74, 6) is 0. The van der Waals surface area contributed by atoms with Crippen molar-refractivity contribution >= 4 is 30.4 Å². The SMILES string of the molecule is CC/C(C)=C/I(OS(=O)(=O)C(F)(F)F)c1ccc(C(F)(F)F)cc1. The van der Waals surface area contributed by atoms with E-state index in [1.54, 1.807) is 13.8 Å². The van der Waals surface area contributed by atoms with Gasteiger partial charge < -0.3 is 0 Å². The zero-order valence-corrected chi connectivity index (χ0v) is 15.3. The quantitative estimate of drug-likeness (QED) is 0.312. The van der Waals surface area contributed by atoms with Crippen LogP contribution < -0.4 is 0 Å². The molecule has 0 aliphatic heterocycles. The monoisotopic (exact) mass is 490 g/mol. The molecule has 0 aliphatic carbocycles. The van der Waals surface area contributed by atoms with Gasteiger partial charge in [0.2, 0.25) is 0 Å². The van der Waals surface area contributed by atoms with Crippen LogP contribution in [0.15, 0.2) is 33.9 Å². The molecule has 0 saturated heterocycles. The van der Waals surface area contributed by atoms with Gasteiger partial charge in [0, 0.05) is 0 Å². The Kier molecular flexibility index (Phi) is 6.72. The Bertz CT molecular complexity index is 692. The van der Waals surface area contributed by atoms with Crippen molar-refractivity contribution < 1.29 is 37.3 Å². The van der Waals surface area contributed by atoms with Gasteiger partial charge in [0.25, 0.3) is 0 Å². The molecule has 1 aromatic rings. The normalized spacial score (nSPS) is 14.7. The number of hydrogen-bond donors (Lipinski definition) is 0. The van der Waals surface area contributed by atoms with Crippen LogP contribution in [0.3, 0.4) is 0 Å². The second-order valence-corrected chi connectivity index (χ2v) is 10.6. The van der Waals surface area contributed by atoms with E-state index in [2.05, 4.69) is 2.51 Å². The summed E-state index contributed by atoms with van der Waals surface area (Å²) < 4.78 is 103. The van der Waals surface area contributed by atoms with Crippen LogP contribution >= 0.6 is 20.2 Å². The topological polar surface area (TPSA) is 43.4 Å². The standard InChI is InChI=1S/C13H13F6IO3S/c1-3-9(2)8-20(23-24(21,22)13(17,18)19)11-6-4-10(5-7-11)12(14,15)16/h4-8H,3H2,1-2H3/b9-8+. The van der Waals surface area contributed by atoms with Crippen LogP contribution in [0.25, 0.3) is 0 Å².